The number of rotatable bonds is 8. The van der Waals surface area contributed by atoms with E-state index in [1.54, 1.807) is 0 Å². The molecule has 220 valence electrons. The number of halogens is 3. The van der Waals surface area contributed by atoms with Gasteiger partial charge in [-0.3, -0.25) is 0 Å². The molecule has 0 aliphatic carbocycles. The summed E-state index contributed by atoms with van der Waals surface area (Å²) in [7, 11) is -5.03. The van der Waals surface area contributed by atoms with Crippen LogP contribution in [0.1, 0.15) is 25.5 Å². The van der Waals surface area contributed by atoms with Gasteiger partial charge in [0.25, 0.3) is 10.0 Å². The van der Waals surface area contributed by atoms with Crippen molar-refractivity contribution in [2.45, 2.75) is 30.4 Å². The number of hydrogen-bond acceptors (Lipinski definition) is 10. The summed E-state index contributed by atoms with van der Waals surface area (Å²) in [5.74, 6) is -3.93. The number of amides is 1. The van der Waals surface area contributed by atoms with Gasteiger partial charge in [-0.2, -0.15) is 4.68 Å². The van der Waals surface area contributed by atoms with Crippen molar-refractivity contribution in [3.05, 3.63) is 74.2 Å². The van der Waals surface area contributed by atoms with Crippen LogP contribution in [-0.2, 0) is 14.8 Å². The smallest absolute Gasteiger partial charge is 0.427 e. The van der Waals surface area contributed by atoms with Crippen LogP contribution in [0.4, 0.5) is 25.2 Å². The van der Waals surface area contributed by atoms with Crippen LogP contribution in [0.2, 0.25) is 5.02 Å². The molecule has 2 aromatic carbocycles. The summed E-state index contributed by atoms with van der Waals surface area (Å²) in [5, 5.41) is 26.0. The molecule has 2 aromatic heterocycles. The molecular formula is C24H18ClF2N5O8S2. The Bertz CT molecular complexity index is 1780. The van der Waals surface area contributed by atoms with Gasteiger partial charge in [-0.25, -0.2) is 27.0 Å². The fourth-order valence-corrected chi connectivity index (χ4v) is 6.39. The van der Waals surface area contributed by atoms with E-state index in [1.165, 1.54) is 16.4 Å². The zero-order valence-electron chi connectivity index (χ0n) is 21.0. The molecule has 0 spiro atoms. The van der Waals surface area contributed by atoms with Gasteiger partial charge in [0, 0.05) is 23.6 Å². The lowest BCUT2D eigenvalue weighted by Crippen LogP contribution is -2.36. The van der Waals surface area contributed by atoms with E-state index in [-0.39, 0.29) is 21.2 Å². The van der Waals surface area contributed by atoms with Gasteiger partial charge < -0.3 is 24.7 Å². The molecule has 1 N–H and O–H groups in total. The molecule has 0 saturated carbocycles. The van der Waals surface area contributed by atoms with Crippen molar-refractivity contribution in [2.24, 2.45) is 0 Å². The van der Waals surface area contributed by atoms with Crippen molar-refractivity contribution in [3.8, 4) is 22.6 Å². The minimum atomic E-state index is -5.03. The normalized spacial score (nSPS) is 15.4. The average molecular weight is 642 g/mol. The molecule has 13 nitrogen and oxygen atoms in total. The lowest BCUT2D eigenvalue weighted by Gasteiger charge is -2.20. The summed E-state index contributed by atoms with van der Waals surface area (Å²) in [6, 6.07) is 4.30. The molecule has 5 rings (SSSR count). The molecule has 1 aliphatic rings. The molecular weight excluding hydrogens is 624 g/mol. The second kappa shape index (κ2) is 11.6. The van der Waals surface area contributed by atoms with Gasteiger partial charge in [-0.1, -0.05) is 11.6 Å². The number of benzene rings is 2. The summed E-state index contributed by atoms with van der Waals surface area (Å²) in [6.07, 6.45) is 0.991. The number of anilines is 1. The van der Waals surface area contributed by atoms with E-state index in [2.05, 4.69) is 10.1 Å². The lowest BCUT2D eigenvalue weighted by molar-refractivity contribution is -0.389. The average Bonchev–Trinajstić information content (AvgIpc) is 3.62. The Hall–Kier alpha value is -4.19. The third-order valence-electron chi connectivity index (χ3n) is 6.09. The monoisotopic (exact) mass is 641 g/mol. The van der Waals surface area contributed by atoms with Gasteiger partial charge in [-0.05, 0) is 48.5 Å². The van der Waals surface area contributed by atoms with E-state index in [1.807, 2.05) is 0 Å². The molecule has 3 heterocycles. The van der Waals surface area contributed by atoms with Crippen molar-refractivity contribution in [3.63, 3.8) is 0 Å². The molecule has 18 heteroatoms. The van der Waals surface area contributed by atoms with Gasteiger partial charge in [-0.15, -0.1) is 15.6 Å². The summed E-state index contributed by atoms with van der Waals surface area (Å²) in [6.45, 7) is 0.436. The molecule has 1 unspecified atom stereocenters. The molecule has 1 atom stereocenters. The maximum atomic E-state index is 15.2. The Balaban J connectivity index is 1.54. The number of ether oxygens (including phenoxy) is 2. The number of nitrogens with zero attached hydrogens (tertiary/aromatic N) is 5. The first-order valence-corrected chi connectivity index (χ1v) is 14.7. The van der Waals surface area contributed by atoms with Gasteiger partial charge >= 0.3 is 11.9 Å². The van der Waals surface area contributed by atoms with Gasteiger partial charge in [0.1, 0.15) is 33.6 Å². The quantitative estimate of drug-likeness (QED) is 0.172. The van der Waals surface area contributed by atoms with E-state index in [0.29, 0.717) is 25.2 Å². The van der Waals surface area contributed by atoms with E-state index in [0.717, 1.165) is 47.8 Å². The highest BCUT2D eigenvalue weighted by Gasteiger charge is 2.36. The van der Waals surface area contributed by atoms with Crippen molar-refractivity contribution in [1.29, 1.82) is 0 Å². The number of nitro groups is 1. The Morgan fingerprint density at radius 3 is 2.67 bits per heavy atom. The van der Waals surface area contributed by atoms with Crippen LogP contribution in [0.5, 0.6) is 11.5 Å². The van der Waals surface area contributed by atoms with Crippen LogP contribution >= 0.6 is 22.9 Å². The molecule has 0 bridgehead atoms. The predicted molar refractivity (Wildman–Crippen MR) is 144 cm³/mol. The van der Waals surface area contributed by atoms with Gasteiger partial charge in [0.2, 0.25) is 0 Å². The molecule has 1 fully saturated rings. The van der Waals surface area contributed by atoms with Crippen LogP contribution in [-0.4, -0.2) is 45.9 Å². The number of aromatic nitrogens is 3. The van der Waals surface area contributed by atoms with Crippen molar-refractivity contribution in [1.82, 2.24) is 14.8 Å². The van der Waals surface area contributed by atoms with E-state index in [9.17, 15) is 32.8 Å². The first-order valence-electron chi connectivity index (χ1n) is 12.0. The zero-order chi connectivity index (χ0) is 30.2. The largest absolute Gasteiger partial charge is 0.464 e. The topological polar surface area (TPSA) is 167 Å². The van der Waals surface area contributed by atoms with Gasteiger partial charge in [0.15, 0.2) is 12.0 Å². The first-order chi connectivity index (χ1) is 20.0. The maximum Gasteiger partial charge on any atom is 0.427 e. The van der Waals surface area contributed by atoms with Crippen LogP contribution in [0, 0.1) is 21.7 Å². The molecule has 4 aromatic rings. The second-order valence-corrected chi connectivity index (χ2v) is 11.7. The minimum absolute atomic E-state index is 0.107. The van der Waals surface area contributed by atoms with Crippen molar-refractivity contribution >= 4 is 50.7 Å². The number of thiazole rings is 1. The maximum absolute atomic E-state index is 15.2. The molecule has 1 aliphatic heterocycles. The fraction of sp³-hybridized carbons (Fsp3) is 0.208. The first kappa shape index (κ1) is 29.3. The third-order valence-corrected chi connectivity index (χ3v) is 8.66. The summed E-state index contributed by atoms with van der Waals surface area (Å²) >= 11 is 7.15. The SMILES string of the molecule is O=C(O)N(c1cscn1)S(=O)(=O)c1cc(Cl)c(Oc2ccc(F)cc2-c2cn(C3CCCCO3)nc2[N+](=O)[O-])cc1F. The van der Waals surface area contributed by atoms with Crippen LogP contribution in [0.15, 0.2) is 52.3 Å². The Labute approximate surface area is 244 Å². The van der Waals surface area contributed by atoms with Crippen molar-refractivity contribution in [2.75, 3.05) is 10.9 Å². The number of carboxylic acid groups (broad SMARTS) is 1. The summed E-state index contributed by atoms with van der Waals surface area (Å²) in [5.41, 5.74) is 0.940. The molecule has 42 heavy (non-hydrogen) atoms. The Morgan fingerprint density at radius 1 is 1.24 bits per heavy atom. The Kier molecular flexibility index (Phi) is 8.09. The van der Waals surface area contributed by atoms with Crippen LogP contribution < -0.4 is 9.04 Å². The highest BCUT2D eigenvalue weighted by molar-refractivity contribution is 7.93. The number of hydrogen-bond donors (Lipinski definition) is 1. The van der Waals surface area contributed by atoms with Crippen LogP contribution in [0.3, 0.4) is 0 Å². The fourth-order valence-electron chi connectivity index (χ4n) is 4.22. The summed E-state index contributed by atoms with van der Waals surface area (Å²) in [4.78, 5) is 25.4. The lowest BCUT2D eigenvalue weighted by atomic mass is 10.1. The minimum Gasteiger partial charge on any atom is -0.464 e. The van der Waals surface area contributed by atoms with E-state index >= 15 is 4.39 Å². The van der Waals surface area contributed by atoms with Gasteiger partial charge in [0.05, 0.1) is 21.8 Å². The molecule has 1 saturated heterocycles. The standard InChI is InChI=1S/C24H18ClF2N5O8S2/c25-16-8-20(42(37,38)31(24(33)34)21-11-41-12-28-21)17(27)9-19(16)40-18-5-4-13(26)7-14(18)15-10-30(29-23(15)32(35)36)22-3-1-2-6-39-22/h4-5,7-12,22H,1-3,6H2,(H,33,34). The Morgan fingerprint density at radius 2 is 2.02 bits per heavy atom. The highest BCUT2D eigenvalue weighted by Crippen LogP contribution is 2.42. The zero-order valence-corrected chi connectivity index (χ0v) is 23.4. The number of carbonyl (C=O) groups is 1. The second-order valence-electron chi connectivity index (χ2n) is 8.78. The predicted octanol–water partition coefficient (Wildman–Crippen LogP) is 6.21. The van der Waals surface area contributed by atoms with E-state index < -0.39 is 66.2 Å². The highest BCUT2D eigenvalue weighted by atomic mass is 35.5. The summed E-state index contributed by atoms with van der Waals surface area (Å²) < 4.78 is 68.2. The third kappa shape index (κ3) is 5.63. The van der Waals surface area contributed by atoms with Crippen molar-refractivity contribution < 1.29 is 41.5 Å². The number of sulfonamides is 1. The van der Waals surface area contributed by atoms with E-state index in [4.69, 9.17) is 21.1 Å². The van der Waals surface area contributed by atoms with Crippen LogP contribution in [0.25, 0.3) is 11.1 Å². The molecule has 0 radical (unpaired) electrons. The molecule has 1 amide bonds.